The van der Waals surface area contributed by atoms with E-state index in [-0.39, 0.29) is 0 Å². The van der Waals surface area contributed by atoms with Gasteiger partial charge in [0.1, 0.15) is 5.69 Å². The minimum atomic E-state index is 0.634. The van der Waals surface area contributed by atoms with Gasteiger partial charge in [-0.05, 0) is 46.6 Å². The fourth-order valence-corrected chi connectivity index (χ4v) is 1.85. The fourth-order valence-electron chi connectivity index (χ4n) is 1.61. The van der Waals surface area contributed by atoms with Gasteiger partial charge in [-0.15, -0.1) is 0 Å². The molecule has 4 nitrogen and oxygen atoms in total. The normalized spacial score (nSPS) is 10.9. The topological polar surface area (TPSA) is 50.7 Å². The van der Waals surface area contributed by atoms with Crippen LogP contribution >= 0.6 is 15.9 Å². The fraction of sp³-hybridized carbons (Fsp3) is 0.357. The van der Waals surface area contributed by atoms with Crippen molar-refractivity contribution in [3.8, 4) is 11.5 Å². The number of nitrogens with one attached hydrogen (secondary N) is 1. The summed E-state index contributed by atoms with van der Waals surface area (Å²) in [5.74, 6) is 1.30. The van der Waals surface area contributed by atoms with Crippen molar-refractivity contribution in [1.29, 1.82) is 0 Å². The Morgan fingerprint density at radius 1 is 1.21 bits per heavy atom. The standard InChI is InChI=1S/C14H17BrN4/c1-10(2)7-16-9-12-5-6-17-14(19-12)13-4-3-11(15)8-18-13/h3-6,8,10,16H,7,9H2,1-2H3. The van der Waals surface area contributed by atoms with E-state index in [2.05, 4.69) is 50.0 Å². The summed E-state index contributed by atoms with van der Waals surface area (Å²) in [6, 6.07) is 5.77. The molecule has 100 valence electrons. The molecular formula is C14H17BrN4. The minimum absolute atomic E-state index is 0.634. The number of nitrogens with zero attached hydrogens (tertiary/aromatic N) is 3. The Hall–Kier alpha value is -1.33. The minimum Gasteiger partial charge on any atom is -0.311 e. The van der Waals surface area contributed by atoms with Gasteiger partial charge in [-0.1, -0.05) is 13.8 Å². The van der Waals surface area contributed by atoms with Gasteiger partial charge in [0.2, 0.25) is 0 Å². The van der Waals surface area contributed by atoms with E-state index in [1.165, 1.54) is 0 Å². The molecule has 0 spiro atoms. The van der Waals surface area contributed by atoms with E-state index < -0.39 is 0 Å². The second-order valence-electron chi connectivity index (χ2n) is 4.76. The van der Waals surface area contributed by atoms with Gasteiger partial charge in [-0.3, -0.25) is 4.98 Å². The summed E-state index contributed by atoms with van der Waals surface area (Å²) in [6.45, 7) is 6.11. The SMILES string of the molecule is CC(C)CNCc1ccnc(-c2ccc(Br)cn2)n1. The number of aromatic nitrogens is 3. The third kappa shape index (κ3) is 4.36. The molecule has 0 aliphatic heterocycles. The zero-order valence-corrected chi connectivity index (χ0v) is 12.7. The highest BCUT2D eigenvalue weighted by Crippen LogP contribution is 2.15. The largest absolute Gasteiger partial charge is 0.311 e. The average molecular weight is 321 g/mol. The van der Waals surface area contributed by atoms with E-state index >= 15 is 0 Å². The van der Waals surface area contributed by atoms with Crippen LogP contribution in [0.4, 0.5) is 0 Å². The third-order valence-corrected chi connectivity index (χ3v) is 3.00. The lowest BCUT2D eigenvalue weighted by molar-refractivity contribution is 0.548. The van der Waals surface area contributed by atoms with E-state index in [4.69, 9.17) is 0 Å². The van der Waals surface area contributed by atoms with Crippen molar-refractivity contribution in [2.75, 3.05) is 6.54 Å². The van der Waals surface area contributed by atoms with Gasteiger partial charge in [-0.25, -0.2) is 9.97 Å². The average Bonchev–Trinajstić information content (AvgIpc) is 2.39. The van der Waals surface area contributed by atoms with Crippen molar-refractivity contribution in [2.45, 2.75) is 20.4 Å². The molecule has 2 heterocycles. The van der Waals surface area contributed by atoms with Crippen LogP contribution in [0.3, 0.4) is 0 Å². The second-order valence-corrected chi connectivity index (χ2v) is 5.67. The quantitative estimate of drug-likeness (QED) is 0.920. The van der Waals surface area contributed by atoms with Crippen LogP contribution in [-0.2, 0) is 6.54 Å². The molecule has 0 fully saturated rings. The summed E-state index contributed by atoms with van der Waals surface area (Å²) < 4.78 is 0.950. The molecular weight excluding hydrogens is 304 g/mol. The van der Waals surface area contributed by atoms with E-state index in [9.17, 15) is 0 Å². The molecule has 0 aliphatic rings. The molecule has 2 aromatic rings. The highest BCUT2D eigenvalue weighted by molar-refractivity contribution is 9.10. The summed E-state index contributed by atoms with van der Waals surface area (Å²) in [5, 5.41) is 3.37. The first-order valence-corrected chi connectivity index (χ1v) is 7.09. The monoisotopic (exact) mass is 320 g/mol. The summed E-state index contributed by atoms with van der Waals surface area (Å²) >= 11 is 3.37. The number of hydrogen-bond acceptors (Lipinski definition) is 4. The van der Waals surface area contributed by atoms with E-state index in [0.29, 0.717) is 11.7 Å². The van der Waals surface area contributed by atoms with Gasteiger partial charge in [0.05, 0.1) is 5.69 Å². The highest BCUT2D eigenvalue weighted by Gasteiger charge is 2.04. The molecule has 0 bridgehead atoms. The van der Waals surface area contributed by atoms with Gasteiger partial charge in [0.25, 0.3) is 0 Å². The van der Waals surface area contributed by atoms with E-state index in [1.807, 2.05) is 18.2 Å². The molecule has 0 amide bonds. The Morgan fingerprint density at radius 2 is 2.05 bits per heavy atom. The Morgan fingerprint density at radius 3 is 2.74 bits per heavy atom. The van der Waals surface area contributed by atoms with Crippen LogP contribution in [0, 0.1) is 5.92 Å². The van der Waals surface area contributed by atoms with Crippen molar-refractivity contribution >= 4 is 15.9 Å². The molecule has 0 atom stereocenters. The van der Waals surface area contributed by atoms with Crippen molar-refractivity contribution in [1.82, 2.24) is 20.3 Å². The van der Waals surface area contributed by atoms with E-state index in [1.54, 1.807) is 12.4 Å². The molecule has 0 unspecified atom stereocenters. The molecule has 1 N–H and O–H groups in total. The van der Waals surface area contributed by atoms with Crippen LogP contribution < -0.4 is 5.32 Å². The van der Waals surface area contributed by atoms with Crippen molar-refractivity contribution < 1.29 is 0 Å². The third-order valence-electron chi connectivity index (χ3n) is 2.53. The maximum Gasteiger partial charge on any atom is 0.178 e. The molecule has 0 saturated heterocycles. The van der Waals surface area contributed by atoms with Gasteiger partial charge in [0.15, 0.2) is 5.82 Å². The predicted molar refractivity (Wildman–Crippen MR) is 79.5 cm³/mol. The molecule has 0 saturated carbocycles. The maximum atomic E-state index is 4.52. The number of halogens is 1. The van der Waals surface area contributed by atoms with Crippen LogP contribution in [0.1, 0.15) is 19.5 Å². The Balaban J connectivity index is 2.08. The number of hydrogen-bond donors (Lipinski definition) is 1. The maximum absolute atomic E-state index is 4.52. The predicted octanol–water partition coefficient (Wildman–Crippen LogP) is 3.05. The van der Waals surface area contributed by atoms with Crippen molar-refractivity contribution in [3.05, 3.63) is 40.8 Å². The smallest absolute Gasteiger partial charge is 0.178 e. The van der Waals surface area contributed by atoms with Gasteiger partial charge in [-0.2, -0.15) is 0 Å². The number of pyridine rings is 1. The summed E-state index contributed by atoms with van der Waals surface area (Å²) in [5.41, 5.74) is 1.77. The first-order chi connectivity index (χ1) is 9.15. The van der Waals surface area contributed by atoms with Crippen LogP contribution in [0.2, 0.25) is 0 Å². The summed E-state index contributed by atoms with van der Waals surface area (Å²) in [6.07, 6.45) is 3.53. The Labute approximate surface area is 121 Å². The van der Waals surface area contributed by atoms with Gasteiger partial charge < -0.3 is 5.32 Å². The van der Waals surface area contributed by atoms with Crippen LogP contribution in [0.5, 0.6) is 0 Å². The van der Waals surface area contributed by atoms with Crippen LogP contribution in [0.25, 0.3) is 11.5 Å². The number of rotatable bonds is 5. The first kappa shape index (κ1) is 14.1. The Bertz CT molecular complexity index is 525. The van der Waals surface area contributed by atoms with Gasteiger partial charge >= 0.3 is 0 Å². The molecule has 0 radical (unpaired) electrons. The summed E-state index contributed by atoms with van der Waals surface area (Å²) in [7, 11) is 0. The van der Waals surface area contributed by atoms with Crippen molar-refractivity contribution in [2.24, 2.45) is 5.92 Å². The zero-order chi connectivity index (χ0) is 13.7. The van der Waals surface area contributed by atoms with Crippen molar-refractivity contribution in [3.63, 3.8) is 0 Å². The molecule has 0 aliphatic carbocycles. The van der Waals surface area contributed by atoms with Crippen LogP contribution in [0.15, 0.2) is 35.1 Å². The summed E-state index contributed by atoms with van der Waals surface area (Å²) in [4.78, 5) is 13.1. The Kier molecular flexibility index (Phi) is 4.99. The lowest BCUT2D eigenvalue weighted by atomic mass is 10.2. The van der Waals surface area contributed by atoms with Crippen LogP contribution in [-0.4, -0.2) is 21.5 Å². The lowest BCUT2D eigenvalue weighted by Gasteiger charge is -2.07. The first-order valence-electron chi connectivity index (χ1n) is 6.29. The van der Waals surface area contributed by atoms with E-state index in [0.717, 1.165) is 29.0 Å². The van der Waals surface area contributed by atoms with Gasteiger partial charge in [0, 0.05) is 23.4 Å². The highest BCUT2D eigenvalue weighted by atomic mass is 79.9. The second kappa shape index (κ2) is 6.73. The lowest BCUT2D eigenvalue weighted by Crippen LogP contribution is -2.19. The molecule has 19 heavy (non-hydrogen) atoms. The zero-order valence-electron chi connectivity index (χ0n) is 11.1. The molecule has 5 heteroatoms. The molecule has 2 rings (SSSR count). The molecule has 2 aromatic heterocycles. The molecule has 0 aromatic carbocycles.